The van der Waals surface area contributed by atoms with Crippen LogP contribution in [0, 0.1) is 0 Å². The zero-order valence-corrected chi connectivity index (χ0v) is 13.7. The summed E-state index contributed by atoms with van der Waals surface area (Å²) >= 11 is 11.0. The van der Waals surface area contributed by atoms with E-state index in [0.29, 0.717) is 16.3 Å². The molecule has 0 aliphatic heterocycles. The van der Waals surface area contributed by atoms with E-state index in [4.69, 9.17) is 23.8 Å². The summed E-state index contributed by atoms with van der Waals surface area (Å²) in [7, 11) is 0. The molecule has 0 spiro atoms. The molecule has 0 aliphatic rings. The summed E-state index contributed by atoms with van der Waals surface area (Å²) in [6, 6.07) is 4.85. The van der Waals surface area contributed by atoms with Crippen LogP contribution >= 0.6 is 23.8 Å². The van der Waals surface area contributed by atoms with Gasteiger partial charge in [-0.3, -0.25) is 25.6 Å². The van der Waals surface area contributed by atoms with Crippen molar-refractivity contribution in [3.05, 3.63) is 53.6 Å². The third-order valence-electron chi connectivity index (χ3n) is 2.25. The Bertz CT molecular complexity index is 624. The predicted molar refractivity (Wildman–Crippen MR) is 91.7 cm³/mol. The molecule has 22 heavy (non-hydrogen) atoms. The van der Waals surface area contributed by atoms with Gasteiger partial charge in [-0.15, -0.1) is 0 Å². The Morgan fingerprint density at radius 2 is 1.73 bits per heavy atom. The van der Waals surface area contributed by atoms with Crippen LogP contribution in [0.2, 0.25) is 5.02 Å². The molecule has 0 saturated carbocycles. The molecule has 0 atom stereocenters. The maximum Gasteiger partial charge on any atom is 0.269 e. The van der Waals surface area contributed by atoms with Gasteiger partial charge in [0, 0.05) is 30.4 Å². The average Bonchev–Trinajstić information content (AvgIpc) is 2.57. The van der Waals surface area contributed by atoms with Crippen LogP contribution in [-0.4, -0.2) is 21.0 Å². The zero-order valence-electron chi connectivity index (χ0n) is 12.1. The lowest BCUT2D eigenvalue weighted by Crippen LogP contribution is -2.43. The molecule has 8 heteroatoms. The molecule has 0 aliphatic carbocycles. The number of hydrazine groups is 1. The number of aromatic nitrogens is 2. The summed E-state index contributed by atoms with van der Waals surface area (Å²) in [6.45, 7) is 4.00. The van der Waals surface area contributed by atoms with Gasteiger partial charge < -0.3 is 5.32 Å². The number of carbonyl (C=O) groups is 1. The Kier molecular flexibility index (Phi) is 7.80. The minimum absolute atomic E-state index is 0.209. The summed E-state index contributed by atoms with van der Waals surface area (Å²) in [5.74, 6) is -0.322. The first-order chi connectivity index (χ1) is 10.7. The topological polar surface area (TPSA) is 78.9 Å². The highest BCUT2D eigenvalue weighted by Gasteiger charge is 2.06. The van der Waals surface area contributed by atoms with Crippen LogP contribution in [0.25, 0.3) is 0 Å². The monoisotopic (exact) mass is 337 g/mol. The first-order valence-electron chi connectivity index (χ1n) is 6.53. The molecule has 2 aromatic heterocycles. The van der Waals surface area contributed by atoms with Gasteiger partial charge in [0.25, 0.3) is 5.91 Å². The second-order valence-electron chi connectivity index (χ2n) is 3.62. The standard InChI is InChI=1S/C12H10ClN5OS.C2H6/c13-9-7-15-6-3-10(9)16-12(20)18-17-11(19)8-1-4-14-5-2-8;1-2/h1-7H,(H,17,19)(H2,15,16,18,20);1-2H3. The quantitative estimate of drug-likeness (QED) is 0.577. The van der Waals surface area contributed by atoms with Gasteiger partial charge in [-0.05, 0) is 30.4 Å². The minimum Gasteiger partial charge on any atom is -0.330 e. The summed E-state index contributed by atoms with van der Waals surface area (Å²) in [4.78, 5) is 19.4. The maximum absolute atomic E-state index is 11.7. The lowest BCUT2D eigenvalue weighted by Gasteiger charge is -2.12. The molecule has 0 radical (unpaired) electrons. The second-order valence-corrected chi connectivity index (χ2v) is 4.44. The van der Waals surface area contributed by atoms with E-state index in [1.165, 1.54) is 18.6 Å². The van der Waals surface area contributed by atoms with E-state index in [-0.39, 0.29) is 11.0 Å². The summed E-state index contributed by atoms with van der Waals surface area (Å²) in [5.41, 5.74) is 6.10. The molecule has 2 aromatic rings. The Morgan fingerprint density at radius 1 is 1.09 bits per heavy atom. The molecule has 0 bridgehead atoms. The number of thiocarbonyl (C=S) groups is 1. The van der Waals surface area contributed by atoms with Gasteiger partial charge >= 0.3 is 0 Å². The van der Waals surface area contributed by atoms with Gasteiger partial charge in [0.15, 0.2) is 5.11 Å². The van der Waals surface area contributed by atoms with Crippen molar-refractivity contribution in [2.24, 2.45) is 0 Å². The van der Waals surface area contributed by atoms with Gasteiger partial charge in [-0.2, -0.15) is 0 Å². The van der Waals surface area contributed by atoms with Crippen molar-refractivity contribution in [2.45, 2.75) is 13.8 Å². The molecule has 0 unspecified atom stereocenters. The van der Waals surface area contributed by atoms with Gasteiger partial charge in [0.05, 0.1) is 10.7 Å². The highest BCUT2D eigenvalue weighted by atomic mass is 35.5. The summed E-state index contributed by atoms with van der Waals surface area (Å²) in [6.07, 6.45) is 6.12. The number of anilines is 1. The van der Waals surface area contributed by atoms with Crippen molar-refractivity contribution >= 4 is 40.5 Å². The molecular formula is C14H16ClN5OS. The Labute approximate surface area is 139 Å². The number of amides is 1. The second kappa shape index (κ2) is 9.64. The SMILES string of the molecule is CC.O=C(NNC(=S)Nc1ccncc1Cl)c1ccncc1. The van der Waals surface area contributed by atoms with Crippen LogP contribution in [0.4, 0.5) is 5.69 Å². The average molecular weight is 338 g/mol. The van der Waals surface area contributed by atoms with E-state index in [0.717, 1.165) is 0 Å². The van der Waals surface area contributed by atoms with Crippen molar-refractivity contribution < 1.29 is 4.79 Å². The molecule has 2 rings (SSSR count). The van der Waals surface area contributed by atoms with Crippen molar-refractivity contribution in [3.8, 4) is 0 Å². The van der Waals surface area contributed by atoms with Crippen molar-refractivity contribution in [1.82, 2.24) is 20.8 Å². The smallest absolute Gasteiger partial charge is 0.269 e. The summed E-state index contributed by atoms with van der Waals surface area (Å²) in [5, 5.41) is 3.48. The third-order valence-corrected chi connectivity index (χ3v) is 2.76. The molecule has 116 valence electrons. The minimum atomic E-state index is -0.322. The molecule has 0 aromatic carbocycles. The molecule has 2 heterocycles. The Balaban J connectivity index is 0.00000116. The van der Waals surface area contributed by atoms with E-state index in [9.17, 15) is 4.79 Å². The molecule has 1 amide bonds. The highest BCUT2D eigenvalue weighted by molar-refractivity contribution is 7.80. The van der Waals surface area contributed by atoms with Gasteiger partial charge in [-0.25, -0.2) is 0 Å². The number of halogens is 1. The fourth-order valence-corrected chi connectivity index (χ4v) is 1.65. The number of nitrogens with one attached hydrogen (secondary N) is 3. The van der Waals surface area contributed by atoms with Crippen LogP contribution in [0.15, 0.2) is 43.0 Å². The van der Waals surface area contributed by atoms with E-state index in [1.54, 1.807) is 24.4 Å². The number of pyridine rings is 2. The normalized spacial score (nSPS) is 9.05. The van der Waals surface area contributed by atoms with Gasteiger partial charge in [-0.1, -0.05) is 25.4 Å². The van der Waals surface area contributed by atoms with Crippen LogP contribution in [0.3, 0.4) is 0 Å². The number of nitrogens with zero attached hydrogens (tertiary/aromatic N) is 2. The lowest BCUT2D eigenvalue weighted by molar-refractivity contribution is 0.0944. The molecule has 6 nitrogen and oxygen atoms in total. The highest BCUT2D eigenvalue weighted by Crippen LogP contribution is 2.18. The maximum atomic E-state index is 11.7. The number of hydrogen-bond acceptors (Lipinski definition) is 4. The van der Waals surface area contributed by atoms with Crippen molar-refractivity contribution in [1.29, 1.82) is 0 Å². The van der Waals surface area contributed by atoms with E-state index in [2.05, 4.69) is 26.1 Å². The van der Waals surface area contributed by atoms with Gasteiger partial charge in [0.1, 0.15) is 0 Å². The van der Waals surface area contributed by atoms with E-state index >= 15 is 0 Å². The predicted octanol–water partition coefficient (Wildman–Crippen LogP) is 2.79. The number of hydrogen-bond donors (Lipinski definition) is 3. The molecular weight excluding hydrogens is 322 g/mol. The third kappa shape index (κ3) is 5.63. The van der Waals surface area contributed by atoms with E-state index < -0.39 is 0 Å². The first kappa shape index (κ1) is 17.8. The zero-order chi connectivity index (χ0) is 16.4. The van der Waals surface area contributed by atoms with Gasteiger partial charge in [0.2, 0.25) is 0 Å². The van der Waals surface area contributed by atoms with Crippen LogP contribution in [0.5, 0.6) is 0 Å². The largest absolute Gasteiger partial charge is 0.330 e. The molecule has 0 fully saturated rings. The van der Waals surface area contributed by atoms with Crippen LogP contribution in [-0.2, 0) is 0 Å². The fraction of sp³-hybridized carbons (Fsp3) is 0.143. The first-order valence-corrected chi connectivity index (χ1v) is 7.32. The summed E-state index contributed by atoms with van der Waals surface area (Å²) < 4.78 is 0. The van der Waals surface area contributed by atoms with Crippen LogP contribution < -0.4 is 16.2 Å². The number of carbonyl (C=O) groups excluding carboxylic acids is 1. The van der Waals surface area contributed by atoms with Crippen LogP contribution in [0.1, 0.15) is 24.2 Å². The number of rotatable bonds is 2. The molecule has 3 N–H and O–H groups in total. The molecule has 0 saturated heterocycles. The Morgan fingerprint density at radius 3 is 2.36 bits per heavy atom. The van der Waals surface area contributed by atoms with E-state index in [1.807, 2.05) is 13.8 Å². The fourth-order valence-electron chi connectivity index (χ4n) is 1.32. The lowest BCUT2D eigenvalue weighted by atomic mass is 10.3. The Hall–Kier alpha value is -2.25. The van der Waals surface area contributed by atoms with Crippen molar-refractivity contribution in [2.75, 3.05) is 5.32 Å². The van der Waals surface area contributed by atoms with Crippen molar-refractivity contribution in [3.63, 3.8) is 0 Å².